The third kappa shape index (κ3) is 4.15. The zero-order chi connectivity index (χ0) is 14.5. The van der Waals surface area contributed by atoms with Crippen molar-refractivity contribution in [1.82, 2.24) is 9.88 Å². The number of rotatable bonds is 5. The number of nitrogens with one attached hydrogen (secondary N) is 1. The van der Waals surface area contributed by atoms with Crippen molar-refractivity contribution < 1.29 is 0 Å². The maximum absolute atomic E-state index is 5.69. The van der Waals surface area contributed by atoms with Gasteiger partial charge in [-0.05, 0) is 51.9 Å². The van der Waals surface area contributed by atoms with Crippen LogP contribution in [0.25, 0.3) is 0 Å². The van der Waals surface area contributed by atoms with E-state index in [1.165, 1.54) is 32.4 Å². The van der Waals surface area contributed by atoms with Crippen molar-refractivity contribution in [3.63, 3.8) is 0 Å². The quantitative estimate of drug-likeness (QED) is 0.816. The third-order valence-electron chi connectivity index (χ3n) is 3.83. The second-order valence-electron chi connectivity index (χ2n) is 5.57. The van der Waals surface area contributed by atoms with Gasteiger partial charge in [-0.2, -0.15) is 0 Å². The van der Waals surface area contributed by atoms with E-state index in [4.69, 9.17) is 18.0 Å². The van der Waals surface area contributed by atoms with E-state index in [1.807, 2.05) is 19.1 Å². The highest BCUT2D eigenvalue weighted by Crippen LogP contribution is 2.14. The van der Waals surface area contributed by atoms with Crippen LogP contribution in [0.2, 0.25) is 0 Å². The minimum Gasteiger partial charge on any atom is -0.389 e. The van der Waals surface area contributed by atoms with Crippen LogP contribution in [-0.2, 0) is 0 Å². The molecule has 3 N–H and O–H groups in total. The van der Waals surface area contributed by atoms with E-state index in [0.717, 1.165) is 23.6 Å². The summed E-state index contributed by atoms with van der Waals surface area (Å²) in [6.45, 7) is 7.54. The van der Waals surface area contributed by atoms with Crippen LogP contribution in [0.15, 0.2) is 12.1 Å². The molecule has 20 heavy (non-hydrogen) atoms. The molecule has 2 rings (SSSR count). The molecule has 0 aromatic carbocycles. The monoisotopic (exact) mass is 292 g/mol. The smallest absolute Gasteiger partial charge is 0.126 e. The van der Waals surface area contributed by atoms with Gasteiger partial charge in [0.15, 0.2) is 0 Å². The molecule has 1 aliphatic heterocycles. The first-order chi connectivity index (χ1) is 9.56. The lowest BCUT2D eigenvalue weighted by molar-refractivity contribution is 0.180. The Morgan fingerprint density at radius 3 is 2.75 bits per heavy atom. The van der Waals surface area contributed by atoms with Gasteiger partial charge in [0.2, 0.25) is 0 Å². The van der Waals surface area contributed by atoms with Crippen molar-refractivity contribution in [2.24, 2.45) is 5.73 Å². The van der Waals surface area contributed by atoms with Gasteiger partial charge < -0.3 is 11.1 Å². The summed E-state index contributed by atoms with van der Waals surface area (Å²) in [5.41, 5.74) is 7.50. The zero-order valence-electron chi connectivity index (χ0n) is 12.4. The lowest BCUT2D eigenvalue weighted by Crippen LogP contribution is -2.41. The minimum absolute atomic E-state index is 0.419. The molecule has 1 aromatic rings. The Labute approximate surface area is 126 Å². The van der Waals surface area contributed by atoms with E-state index in [9.17, 15) is 0 Å². The maximum atomic E-state index is 5.69. The average molecular weight is 292 g/mol. The molecule has 1 fully saturated rings. The second kappa shape index (κ2) is 6.99. The Kier molecular flexibility index (Phi) is 5.31. The topological polar surface area (TPSA) is 54.2 Å². The average Bonchev–Trinajstić information content (AvgIpc) is 2.45. The van der Waals surface area contributed by atoms with Gasteiger partial charge in [0.1, 0.15) is 10.8 Å². The molecule has 5 heteroatoms. The number of thiocarbonyl (C=S) groups is 1. The fourth-order valence-electron chi connectivity index (χ4n) is 2.64. The van der Waals surface area contributed by atoms with Gasteiger partial charge in [-0.15, -0.1) is 0 Å². The van der Waals surface area contributed by atoms with E-state index >= 15 is 0 Å². The van der Waals surface area contributed by atoms with Crippen molar-refractivity contribution in [3.05, 3.63) is 23.4 Å². The number of aryl methyl sites for hydroxylation is 1. The van der Waals surface area contributed by atoms with Gasteiger partial charge in [-0.3, -0.25) is 4.90 Å². The summed E-state index contributed by atoms with van der Waals surface area (Å²) in [6.07, 6.45) is 4.00. The molecule has 1 aliphatic rings. The van der Waals surface area contributed by atoms with Gasteiger partial charge in [-0.1, -0.05) is 18.6 Å². The Morgan fingerprint density at radius 1 is 1.40 bits per heavy atom. The normalized spacial score (nSPS) is 17.7. The van der Waals surface area contributed by atoms with E-state index in [1.54, 1.807) is 0 Å². The number of aromatic nitrogens is 1. The first-order valence-electron chi connectivity index (χ1n) is 7.32. The molecule has 1 aromatic heterocycles. The first kappa shape index (κ1) is 15.2. The Hall–Kier alpha value is -1.20. The molecule has 4 nitrogen and oxygen atoms in total. The minimum atomic E-state index is 0.419. The number of hydrogen-bond donors (Lipinski definition) is 2. The molecular formula is C15H24N4S. The van der Waals surface area contributed by atoms with Gasteiger partial charge in [0.25, 0.3) is 0 Å². The Balaban J connectivity index is 1.94. The van der Waals surface area contributed by atoms with Crippen LogP contribution in [0.5, 0.6) is 0 Å². The molecule has 0 aliphatic carbocycles. The van der Waals surface area contributed by atoms with Crippen LogP contribution in [0.1, 0.15) is 37.4 Å². The molecule has 0 amide bonds. The summed E-state index contributed by atoms with van der Waals surface area (Å²) in [5.74, 6) is 0.858. The standard InChI is InChI=1S/C15H24N4S/c1-11-8-13(15(16)20)9-14(18-11)17-10-12(2)19-6-4-3-5-7-19/h8-9,12H,3-7,10H2,1-2H3,(H2,16,20)(H,17,18). The number of nitrogens with two attached hydrogens (primary N) is 1. The molecule has 0 spiro atoms. The Morgan fingerprint density at radius 2 is 2.10 bits per heavy atom. The largest absolute Gasteiger partial charge is 0.389 e. The lowest BCUT2D eigenvalue weighted by atomic mass is 10.1. The van der Waals surface area contributed by atoms with E-state index in [2.05, 4.69) is 22.1 Å². The van der Waals surface area contributed by atoms with Gasteiger partial charge in [0, 0.05) is 23.8 Å². The number of hydrogen-bond acceptors (Lipinski definition) is 4. The number of piperidine rings is 1. The fraction of sp³-hybridized carbons (Fsp3) is 0.600. The van der Waals surface area contributed by atoms with Crippen molar-refractivity contribution in [3.8, 4) is 0 Å². The highest BCUT2D eigenvalue weighted by atomic mass is 32.1. The van der Waals surface area contributed by atoms with E-state index < -0.39 is 0 Å². The molecular weight excluding hydrogens is 268 g/mol. The molecule has 2 heterocycles. The molecule has 110 valence electrons. The highest BCUT2D eigenvalue weighted by molar-refractivity contribution is 7.80. The molecule has 1 atom stereocenters. The van der Waals surface area contributed by atoms with Crippen LogP contribution in [0.3, 0.4) is 0 Å². The highest BCUT2D eigenvalue weighted by Gasteiger charge is 2.16. The molecule has 0 bridgehead atoms. The summed E-state index contributed by atoms with van der Waals surface area (Å²) < 4.78 is 0. The fourth-order valence-corrected chi connectivity index (χ4v) is 2.76. The molecule has 0 saturated carbocycles. The van der Waals surface area contributed by atoms with E-state index in [0.29, 0.717) is 11.0 Å². The summed E-state index contributed by atoms with van der Waals surface area (Å²) in [6, 6.07) is 4.37. The summed E-state index contributed by atoms with van der Waals surface area (Å²) in [4.78, 5) is 7.45. The van der Waals surface area contributed by atoms with Crippen LogP contribution in [0.4, 0.5) is 5.82 Å². The number of pyridine rings is 1. The van der Waals surface area contributed by atoms with Gasteiger partial charge in [0.05, 0.1) is 0 Å². The van der Waals surface area contributed by atoms with Crippen LogP contribution < -0.4 is 11.1 Å². The van der Waals surface area contributed by atoms with Crippen LogP contribution >= 0.6 is 12.2 Å². The second-order valence-corrected chi connectivity index (χ2v) is 6.01. The van der Waals surface area contributed by atoms with E-state index in [-0.39, 0.29) is 0 Å². The Bertz CT molecular complexity index is 469. The first-order valence-corrected chi connectivity index (χ1v) is 7.73. The SMILES string of the molecule is Cc1cc(C(N)=S)cc(NCC(C)N2CCCCC2)n1. The van der Waals surface area contributed by atoms with Crippen molar-refractivity contribution in [2.45, 2.75) is 39.2 Å². The van der Waals surface area contributed by atoms with Crippen molar-refractivity contribution in [2.75, 3.05) is 25.0 Å². The molecule has 0 radical (unpaired) electrons. The predicted octanol–water partition coefficient (Wildman–Crippen LogP) is 2.31. The van der Waals surface area contributed by atoms with Gasteiger partial charge in [-0.25, -0.2) is 4.98 Å². The summed E-state index contributed by atoms with van der Waals surface area (Å²) in [5, 5.41) is 3.41. The van der Waals surface area contributed by atoms with Crippen LogP contribution in [-0.4, -0.2) is 40.5 Å². The number of anilines is 1. The molecule has 1 unspecified atom stereocenters. The molecule has 1 saturated heterocycles. The maximum Gasteiger partial charge on any atom is 0.126 e. The number of likely N-dealkylation sites (tertiary alicyclic amines) is 1. The third-order valence-corrected chi connectivity index (χ3v) is 4.07. The summed E-state index contributed by atoms with van der Waals surface area (Å²) >= 11 is 5.03. The zero-order valence-corrected chi connectivity index (χ0v) is 13.2. The van der Waals surface area contributed by atoms with Gasteiger partial charge >= 0.3 is 0 Å². The van der Waals surface area contributed by atoms with Crippen molar-refractivity contribution in [1.29, 1.82) is 0 Å². The van der Waals surface area contributed by atoms with Crippen molar-refractivity contribution >= 4 is 23.0 Å². The van der Waals surface area contributed by atoms with Crippen LogP contribution in [0, 0.1) is 6.92 Å². The number of nitrogens with zero attached hydrogens (tertiary/aromatic N) is 2. The lowest BCUT2D eigenvalue weighted by Gasteiger charge is -2.32. The predicted molar refractivity (Wildman–Crippen MR) is 88.2 cm³/mol. The summed E-state index contributed by atoms with van der Waals surface area (Å²) in [7, 11) is 0.